The number of likely N-dealkylation sites (N-methyl/N-ethyl adjacent to an activating group) is 1. The lowest BCUT2D eigenvalue weighted by Crippen LogP contribution is -2.44. The SMILES string of the molecule is CN(CC(=O)Nc1ccccc1CN1CCOCC1)C1CCNCC1. The van der Waals surface area contributed by atoms with Gasteiger partial charge < -0.3 is 15.4 Å². The highest BCUT2D eigenvalue weighted by atomic mass is 16.5. The number of morpholine rings is 1. The van der Waals surface area contributed by atoms with Gasteiger partial charge in [0.05, 0.1) is 19.8 Å². The fraction of sp³-hybridized carbons (Fsp3) is 0.632. The first-order chi connectivity index (χ1) is 12.2. The number of carbonyl (C=O) groups excluding carboxylic acids is 1. The van der Waals surface area contributed by atoms with E-state index >= 15 is 0 Å². The minimum absolute atomic E-state index is 0.0652. The van der Waals surface area contributed by atoms with Crippen LogP contribution in [0.15, 0.2) is 24.3 Å². The van der Waals surface area contributed by atoms with Crippen molar-refractivity contribution in [3.63, 3.8) is 0 Å². The third kappa shape index (κ3) is 5.51. The summed E-state index contributed by atoms with van der Waals surface area (Å²) in [4.78, 5) is 17.1. The summed E-state index contributed by atoms with van der Waals surface area (Å²) in [5.74, 6) is 0.0652. The molecule has 3 rings (SSSR count). The first kappa shape index (κ1) is 18.3. The van der Waals surface area contributed by atoms with Crippen LogP contribution < -0.4 is 10.6 Å². The molecule has 2 heterocycles. The van der Waals surface area contributed by atoms with Gasteiger partial charge in [0.2, 0.25) is 5.91 Å². The van der Waals surface area contributed by atoms with Crippen molar-refractivity contribution in [2.45, 2.75) is 25.4 Å². The van der Waals surface area contributed by atoms with E-state index in [0.717, 1.165) is 64.5 Å². The molecule has 25 heavy (non-hydrogen) atoms. The van der Waals surface area contributed by atoms with Gasteiger partial charge >= 0.3 is 0 Å². The van der Waals surface area contributed by atoms with E-state index in [9.17, 15) is 4.79 Å². The van der Waals surface area contributed by atoms with Crippen LogP contribution in [0.3, 0.4) is 0 Å². The number of amides is 1. The summed E-state index contributed by atoms with van der Waals surface area (Å²) in [7, 11) is 2.05. The van der Waals surface area contributed by atoms with Crippen LogP contribution in [-0.4, -0.2) is 74.7 Å². The number of piperidine rings is 1. The molecule has 0 aliphatic carbocycles. The molecule has 2 N–H and O–H groups in total. The Hall–Kier alpha value is -1.47. The molecule has 0 spiro atoms. The number of carbonyl (C=O) groups is 1. The smallest absolute Gasteiger partial charge is 0.238 e. The third-order valence-corrected chi connectivity index (χ3v) is 5.11. The molecule has 0 saturated carbocycles. The first-order valence-corrected chi connectivity index (χ1v) is 9.31. The number of benzene rings is 1. The second-order valence-corrected chi connectivity index (χ2v) is 6.99. The maximum atomic E-state index is 12.5. The Morgan fingerprint density at radius 3 is 2.76 bits per heavy atom. The fourth-order valence-corrected chi connectivity index (χ4v) is 3.57. The van der Waals surface area contributed by atoms with Gasteiger partial charge in [0.15, 0.2) is 0 Å². The van der Waals surface area contributed by atoms with E-state index in [-0.39, 0.29) is 5.91 Å². The highest BCUT2D eigenvalue weighted by Gasteiger charge is 2.20. The monoisotopic (exact) mass is 346 g/mol. The Bertz CT molecular complexity index is 554. The van der Waals surface area contributed by atoms with Crippen molar-refractivity contribution < 1.29 is 9.53 Å². The van der Waals surface area contributed by atoms with Crippen LogP contribution in [0.1, 0.15) is 18.4 Å². The van der Waals surface area contributed by atoms with Crippen molar-refractivity contribution in [1.82, 2.24) is 15.1 Å². The molecule has 2 saturated heterocycles. The molecule has 0 unspecified atom stereocenters. The minimum atomic E-state index is 0.0652. The second kappa shape index (κ2) is 9.29. The number of nitrogens with zero attached hydrogens (tertiary/aromatic N) is 2. The van der Waals surface area contributed by atoms with Gasteiger partial charge in [-0.25, -0.2) is 0 Å². The molecular formula is C19H30N4O2. The van der Waals surface area contributed by atoms with Crippen LogP contribution in [0.25, 0.3) is 0 Å². The molecule has 6 heteroatoms. The Labute approximate surface area is 150 Å². The van der Waals surface area contributed by atoms with E-state index in [0.29, 0.717) is 12.6 Å². The lowest BCUT2D eigenvalue weighted by molar-refractivity contribution is -0.117. The Kier molecular flexibility index (Phi) is 6.81. The molecule has 0 atom stereocenters. The number of para-hydroxylation sites is 1. The molecule has 1 aromatic carbocycles. The zero-order chi connectivity index (χ0) is 17.5. The van der Waals surface area contributed by atoms with Gasteiger partial charge in [-0.1, -0.05) is 18.2 Å². The summed E-state index contributed by atoms with van der Waals surface area (Å²) in [5, 5.41) is 6.48. The topological polar surface area (TPSA) is 56.8 Å². The first-order valence-electron chi connectivity index (χ1n) is 9.31. The van der Waals surface area contributed by atoms with E-state index in [1.165, 1.54) is 5.56 Å². The number of nitrogens with one attached hydrogen (secondary N) is 2. The average Bonchev–Trinajstić information content (AvgIpc) is 2.65. The van der Waals surface area contributed by atoms with Crippen molar-refractivity contribution in [3.05, 3.63) is 29.8 Å². The van der Waals surface area contributed by atoms with Gasteiger partial charge in [0, 0.05) is 31.4 Å². The van der Waals surface area contributed by atoms with Gasteiger partial charge in [0.25, 0.3) is 0 Å². The Balaban J connectivity index is 1.55. The molecule has 0 radical (unpaired) electrons. The van der Waals surface area contributed by atoms with Crippen molar-refractivity contribution >= 4 is 11.6 Å². The van der Waals surface area contributed by atoms with Crippen LogP contribution >= 0.6 is 0 Å². The standard InChI is InChI=1S/C19H30N4O2/c1-22(17-6-8-20-9-7-17)15-19(24)21-18-5-3-2-4-16(18)14-23-10-12-25-13-11-23/h2-5,17,20H,6-15H2,1H3,(H,21,24). The van der Waals surface area contributed by atoms with E-state index < -0.39 is 0 Å². The lowest BCUT2D eigenvalue weighted by atomic mass is 10.1. The van der Waals surface area contributed by atoms with Crippen LogP contribution in [0.5, 0.6) is 0 Å². The number of hydrogen-bond acceptors (Lipinski definition) is 5. The zero-order valence-corrected chi connectivity index (χ0v) is 15.2. The molecule has 0 bridgehead atoms. The molecule has 1 aromatic rings. The lowest BCUT2D eigenvalue weighted by Gasteiger charge is -2.31. The van der Waals surface area contributed by atoms with Gasteiger partial charge in [-0.05, 0) is 44.6 Å². The molecule has 0 aromatic heterocycles. The average molecular weight is 346 g/mol. The zero-order valence-electron chi connectivity index (χ0n) is 15.2. The summed E-state index contributed by atoms with van der Waals surface area (Å²) in [5.41, 5.74) is 2.10. The predicted octanol–water partition coefficient (Wildman–Crippen LogP) is 1.14. The normalized spacial score (nSPS) is 19.9. The molecular weight excluding hydrogens is 316 g/mol. The Morgan fingerprint density at radius 1 is 1.28 bits per heavy atom. The molecule has 2 fully saturated rings. The molecule has 2 aliphatic heterocycles. The van der Waals surface area contributed by atoms with Gasteiger partial charge in [0.1, 0.15) is 0 Å². The van der Waals surface area contributed by atoms with Crippen molar-refractivity contribution in [1.29, 1.82) is 0 Å². The maximum absolute atomic E-state index is 12.5. The Morgan fingerprint density at radius 2 is 2.00 bits per heavy atom. The van der Waals surface area contributed by atoms with Gasteiger partial charge in [-0.3, -0.25) is 14.6 Å². The highest BCUT2D eigenvalue weighted by molar-refractivity contribution is 5.93. The van der Waals surface area contributed by atoms with E-state index in [4.69, 9.17) is 4.74 Å². The largest absolute Gasteiger partial charge is 0.379 e. The van der Waals surface area contributed by atoms with Crippen LogP contribution in [-0.2, 0) is 16.1 Å². The number of rotatable bonds is 6. The number of ether oxygens (including phenoxy) is 1. The maximum Gasteiger partial charge on any atom is 0.238 e. The van der Waals surface area contributed by atoms with Crippen LogP contribution in [0.4, 0.5) is 5.69 Å². The van der Waals surface area contributed by atoms with Crippen molar-refractivity contribution in [2.75, 3.05) is 58.3 Å². The summed E-state index contributed by atoms with van der Waals surface area (Å²) in [6, 6.07) is 8.61. The second-order valence-electron chi connectivity index (χ2n) is 6.99. The van der Waals surface area contributed by atoms with Crippen LogP contribution in [0.2, 0.25) is 0 Å². The molecule has 6 nitrogen and oxygen atoms in total. The van der Waals surface area contributed by atoms with Gasteiger partial charge in [-0.2, -0.15) is 0 Å². The summed E-state index contributed by atoms with van der Waals surface area (Å²) in [6.45, 7) is 6.84. The summed E-state index contributed by atoms with van der Waals surface area (Å²) >= 11 is 0. The predicted molar refractivity (Wildman–Crippen MR) is 99.7 cm³/mol. The summed E-state index contributed by atoms with van der Waals surface area (Å²) < 4.78 is 5.41. The number of anilines is 1. The van der Waals surface area contributed by atoms with Crippen molar-refractivity contribution in [2.24, 2.45) is 0 Å². The van der Waals surface area contributed by atoms with Crippen LogP contribution in [0, 0.1) is 0 Å². The van der Waals surface area contributed by atoms with E-state index in [2.05, 4.69) is 33.5 Å². The molecule has 1 amide bonds. The van der Waals surface area contributed by atoms with E-state index in [1.807, 2.05) is 18.2 Å². The minimum Gasteiger partial charge on any atom is -0.379 e. The molecule has 2 aliphatic rings. The van der Waals surface area contributed by atoms with Crippen molar-refractivity contribution in [3.8, 4) is 0 Å². The third-order valence-electron chi connectivity index (χ3n) is 5.11. The van der Waals surface area contributed by atoms with Gasteiger partial charge in [-0.15, -0.1) is 0 Å². The van der Waals surface area contributed by atoms with E-state index in [1.54, 1.807) is 0 Å². The number of hydrogen-bond donors (Lipinski definition) is 2. The summed E-state index contributed by atoms with van der Waals surface area (Å²) in [6.07, 6.45) is 2.22. The molecule has 138 valence electrons. The quantitative estimate of drug-likeness (QED) is 0.809. The highest BCUT2D eigenvalue weighted by Crippen LogP contribution is 2.18. The fourth-order valence-electron chi connectivity index (χ4n) is 3.57.